The number of hydrogen-bond donors (Lipinski definition) is 0. The zero-order valence-electron chi connectivity index (χ0n) is 15.6. The van der Waals surface area contributed by atoms with Crippen molar-refractivity contribution in [3.05, 3.63) is 76.0 Å². The Morgan fingerprint density at radius 3 is 2.74 bits per heavy atom. The molecule has 1 atom stereocenters. The van der Waals surface area contributed by atoms with Gasteiger partial charge in [0.15, 0.2) is 0 Å². The molecule has 1 fully saturated rings. The van der Waals surface area contributed by atoms with Crippen molar-refractivity contribution in [2.45, 2.75) is 25.8 Å². The summed E-state index contributed by atoms with van der Waals surface area (Å²) in [5, 5.41) is 0. The quantitative estimate of drug-likeness (QED) is 0.583. The molecule has 0 spiro atoms. The average Bonchev–Trinajstić information content (AvgIpc) is 3.36. The van der Waals surface area contributed by atoms with Crippen molar-refractivity contribution in [2.24, 2.45) is 0 Å². The Balaban J connectivity index is 1.71. The van der Waals surface area contributed by atoms with E-state index in [1.54, 1.807) is 18.4 Å². The molecular weight excluding hydrogens is 354 g/mol. The van der Waals surface area contributed by atoms with Crippen LogP contribution in [-0.4, -0.2) is 24.5 Å². The number of nitrogens with zero attached hydrogens (tertiary/aromatic N) is 1. The Morgan fingerprint density at radius 1 is 1.11 bits per heavy atom. The summed E-state index contributed by atoms with van der Waals surface area (Å²) in [6.45, 7) is 2.86. The summed E-state index contributed by atoms with van der Waals surface area (Å²) in [6, 6.07) is 20.6. The van der Waals surface area contributed by atoms with Gasteiger partial charge >= 0.3 is 0 Å². The van der Waals surface area contributed by atoms with Gasteiger partial charge in [0, 0.05) is 11.4 Å². The molecule has 1 aromatic heterocycles. The van der Waals surface area contributed by atoms with E-state index in [0.29, 0.717) is 0 Å². The molecule has 0 aliphatic carbocycles. The van der Waals surface area contributed by atoms with Gasteiger partial charge in [-0.05, 0) is 60.7 Å². The number of thiophene rings is 1. The second-order valence-corrected chi connectivity index (χ2v) is 8.17. The number of hydrogen-bond acceptors (Lipinski definition) is 3. The molecule has 3 nitrogen and oxygen atoms in total. The number of amides is 1. The summed E-state index contributed by atoms with van der Waals surface area (Å²) in [5.74, 6) is 0.992. The number of likely N-dealkylation sites (tertiary alicyclic amines) is 1. The number of carbonyl (C=O) groups excluding carboxylic acids is 1. The molecule has 1 amide bonds. The summed E-state index contributed by atoms with van der Waals surface area (Å²) in [5.41, 5.74) is 3.50. The summed E-state index contributed by atoms with van der Waals surface area (Å²) >= 11 is 1.58. The molecule has 0 N–H and O–H groups in total. The molecule has 138 valence electrons. The van der Waals surface area contributed by atoms with Crippen molar-refractivity contribution < 1.29 is 9.53 Å². The van der Waals surface area contributed by atoms with E-state index in [-0.39, 0.29) is 11.9 Å². The molecule has 2 aromatic carbocycles. The Hall–Kier alpha value is -2.59. The van der Waals surface area contributed by atoms with Crippen LogP contribution >= 0.6 is 11.3 Å². The zero-order chi connectivity index (χ0) is 18.8. The molecule has 1 aliphatic rings. The number of methoxy groups -OCH3 is 1. The van der Waals surface area contributed by atoms with Crippen LogP contribution < -0.4 is 4.74 Å². The number of benzene rings is 2. The van der Waals surface area contributed by atoms with Crippen LogP contribution in [0.3, 0.4) is 0 Å². The first-order valence-electron chi connectivity index (χ1n) is 9.28. The van der Waals surface area contributed by atoms with Crippen LogP contribution in [0, 0.1) is 6.92 Å². The van der Waals surface area contributed by atoms with Gasteiger partial charge < -0.3 is 9.64 Å². The lowest BCUT2D eigenvalue weighted by molar-refractivity contribution is 0.0741. The number of ether oxygens (including phenoxy) is 1. The maximum atomic E-state index is 13.1. The lowest BCUT2D eigenvalue weighted by atomic mass is 9.93. The SMILES string of the molecule is COc1cccc(-c2ccccc2[C@H]2CCCN2C(=O)c2ccc(C)s2)c1. The maximum absolute atomic E-state index is 13.1. The van der Waals surface area contributed by atoms with E-state index in [0.717, 1.165) is 35.6 Å². The molecule has 4 heteroatoms. The molecule has 1 aliphatic heterocycles. The summed E-state index contributed by atoms with van der Waals surface area (Å²) < 4.78 is 5.40. The van der Waals surface area contributed by atoms with Gasteiger partial charge in [-0.2, -0.15) is 0 Å². The first kappa shape index (κ1) is 17.8. The maximum Gasteiger partial charge on any atom is 0.264 e. The number of aryl methyl sites for hydroxylation is 1. The predicted molar refractivity (Wildman–Crippen MR) is 110 cm³/mol. The average molecular weight is 378 g/mol. The lowest BCUT2D eigenvalue weighted by Gasteiger charge is -2.26. The lowest BCUT2D eigenvalue weighted by Crippen LogP contribution is -2.30. The smallest absolute Gasteiger partial charge is 0.264 e. The highest BCUT2D eigenvalue weighted by Gasteiger charge is 2.32. The summed E-state index contributed by atoms with van der Waals surface area (Å²) in [4.78, 5) is 17.2. The van der Waals surface area contributed by atoms with Crippen LogP contribution in [0.2, 0.25) is 0 Å². The van der Waals surface area contributed by atoms with Gasteiger partial charge in [0.25, 0.3) is 5.91 Å². The fourth-order valence-electron chi connectivity index (χ4n) is 3.87. The van der Waals surface area contributed by atoms with Crippen LogP contribution in [0.4, 0.5) is 0 Å². The molecule has 0 saturated carbocycles. The van der Waals surface area contributed by atoms with E-state index in [4.69, 9.17) is 4.74 Å². The molecular formula is C23H23NO2S. The third kappa shape index (κ3) is 3.50. The van der Waals surface area contributed by atoms with Gasteiger partial charge in [-0.1, -0.05) is 36.4 Å². The Bertz CT molecular complexity index is 962. The van der Waals surface area contributed by atoms with Crippen molar-refractivity contribution >= 4 is 17.2 Å². The Labute approximate surface area is 164 Å². The van der Waals surface area contributed by atoms with Crippen LogP contribution in [-0.2, 0) is 0 Å². The second-order valence-electron chi connectivity index (χ2n) is 6.89. The van der Waals surface area contributed by atoms with Gasteiger partial charge in [-0.15, -0.1) is 11.3 Å². The molecule has 0 bridgehead atoms. The molecule has 0 radical (unpaired) electrons. The standard InChI is InChI=1S/C23H23NO2S/c1-16-12-13-22(27-16)23(25)24-14-6-11-21(24)20-10-4-3-9-19(20)17-7-5-8-18(15-17)26-2/h3-5,7-10,12-13,15,21H,6,11,14H2,1-2H3/t21-/m1/s1. The highest BCUT2D eigenvalue weighted by atomic mass is 32.1. The van der Waals surface area contributed by atoms with Crippen molar-refractivity contribution in [1.82, 2.24) is 4.90 Å². The van der Waals surface area contributed by atoms with Gasteiger partial charge in [0.2, 0.25) is 0 Å². The van der Waals surface area contributed by atoms with Crippen molar-refractivity contribution in [2.75, 3.05) is 13.7 Å². The fraction of sp³-hybridized carbons (Fsp3) is 0.261. The van der Waals surface area contributed by atoms with Gasteiger partial charge in [0.1, 0.15) is 5.75 Å². The minimum Gasteiger partial charge on any atom is -0.497 e. The van der Waals surface area contributed by atoms with Crippen LogP contribution in [0.15, 0.2) is 60.7 Å². The van der Waals surface area contributed by atoms with E-state index in [2.05, 4.69) is 36.4 Å². The molecule has 3 aromatic rings. The topological polar surface area (TPSA) is 29.5 Å². The van der Waals surface area contributed by atoms with Gasteiger partial charge in [-0.3, -0.25) is 4.79 Å². The highest BCUT2D eigenvalue weighted by molar-refractivity contribution is 7.13. The van der Waals surface area contributed by atoms with E-state index in [1.165, 1.54) is 16.0 Å². The largest absolute Gasteiger partial charge is 0.497 e. The summed E-state index contributed by atoms with van der Waals surface area (Å²) in [6.07, 6.45) is 2.03. The van der Waals surface area contributed by atoms with Gasteiger partial charge in [0.05, 0.1) is 18.0 Å². The van der Waals surface area contributed by atoms with Crippen LogP contribution in [0.5, 0.6) is 5.75 Å². The minimum atomic E-state index is 0.113. The van der Waals surface area contributed by atoms with E-state index < -0.39 is 0 Å². The molecule has 2 heterocycles. The first-order valence-corrected chi connectivity index (χ1v) is 10.1. The highest BCUT2D eigenvalue weighted by Crippen LogP contribution is 2.39. The normalized spacial score (nSPS) is 16.5. The Morgan fingerprint density at radius 2 is 1.96 bits per heavy atom. The first-order chi connectivity index (χ1) is 13.2. The minimum absolute atomic E-state index is 0.113. The monoisotopic (exact) mass is 377 g/mol. The van der Waals surface area contributed by atoms with E-state index >= 15 is 0 Å². The van der Waals surface area contributed by atoms with E-state index in [9.17, 15) is 4.79 Å². The fourth-order valence-corrected chi connectivity index (χ4v) is 4.69. The zero-order valence-corrected chi connectivity index (χ0v) is 16.5. The van der Waals surface area contributed by atoms with Crippen molar-refractivity contribution in [3.8, 4) is 16.9 Å². The van der Waals surface area contributed by atoms with Crippen molar-refractivity contribution in [1.29, 1.82) is 0 Å². The molecule has 27 heavy (non-hydrogen) atoms. The third-order valence-corrected chi connectivity index (χ3v) is 6.15. The molecule has 1 saturated heterocycles. The number of carbonyl (C=O) groups is 1. The second kappa shape index (κ2) is 7.57. The molecule has 4 rings (SSSR count). The van der Waals surface area contributed by atoms with Crippen LogP contribution in [0.25, 0.3) is 11.1 Å². The Kier molecular flexibility index (Phi) is 4.99. The summed E-state index contributed by atoms with van der Waals surface area (Å²) in [7, 11) is 1.69. The number of rotatable bonds is 4. The molecule has 0 unspecified atom stereocenters. The van der Waals surface area contributed by atoms with Crippen LogP contribution in [0.1, 0.15) is 39.0 Å². The van der Waals surface area contributed by atoms with Crippen molar-refractivity contribution in [3.63, 3.8) is 0 Å². The van der Waals surface area contributed by atoms with E-state index in [1.807, 2.05) is 36.1 Å². The predicted octanol–water partition coefficient (Wildman–Crippen LogP) is 5.71. The van der Waals surface area contributed by atoms with Gasteiger partial charge in [-0.25, -0.2) is 0 Å². The third-order valence-electron chi connectivity index (χ3n) is 5.17.